The van der Waals surface area contributed by atoms with Gasteiger partial charge in [0.05, 0.1) is 12.3 Å². The fourth-order valence-corrected chi connectivity index (χ4v) is 1.61. The van der Waals surface area contributed by atoms with Crippen molar-refractivity contribution in [3.05, 3.63) is 58.6 Å². The highest BCUT2D eigenvalue weighted by Crippen LogP contribution is 2.31. The zero-order chi connectivity index (χ0) is 13.3. The van der Waals surface area contributed by atoms with Crippen molar-refractivity contribution in [2.75, 3.05) is 0 Å². The summed E-state index contributed by atoms with van der Waals surface area (Å²) in [7, 11) is 0. The molecule has 0 N–H and O–H groups in total. The van der Waals surface area contributed by atoms with Crippen LogP contribution < -0.4 is 0 Å². The highest BCUT2D eigenvalue weighted by molar-refractivity contribution is 5.67. The van der Waals surface area contributed by atoms with Gasteiger partial charge in [0, 0.05) is 11.8 Å². The number of aryl methyl sites for hydroxylation is 2. The summed E-state index contributed by atoms with van der Waals surface area (Å²) in [5.74, 6) is -1.71. The van der Waals surface area contributed by atoms with E-state index < -0.39 is 17.3 Å². The molecule has 0 saturated heterocycles. The van der Waals surface area contributed by atoms with Gasteiger partial charge in [-0.2, -0.15) is 0 Å². The number of hydrogen-bond acceptors (Lipinski definition) is 1. The van der Waals surface area contributed by atoms with Gasteiger partial charge in [-0.15, -0.1) is 0 Å². The smallest absolute Gasteiger partial charge is 0.256 e. The van der Waals surface area contributed by atoms with E-state index >= 15 is 0 Å². The molecule has 0 aliphatic carbocycles. The van der Waals surface area contributed by atoms with Crippen molar-refractivity contribution in [1.82, 2.24) is 4.98 Å². The molecule has 2 rings (SSSR count). The van der Waals surface area contributed by atoms with Gasteiger partial charge < -0.3 is 0 Å². The number of nitrogens with zero attached hydrogens (tertiary/aromatic N) is 2. The van der Waals surface area contributed by atoms with Crippen LogP contribution in [-0.2, 0) is 0 Å². The van der Waals surface area contributed by atoms with Gasteiger partial charge >= 0.3 is 0 Å². The van der Waals surface area contributed by atoms with Gasteiger partial charge in [-0.05, 0) is 43.2 Å². The summed E-state index contributed by atoms with van der Waals surface area (Å²) in [6.07, 6.45) is 1.63. The van der Waals surface area contributed by atoms with Gasteiger partial charge in [-0.3, -0.25) is 4.98 Å². The van der Waals surface area contributed by atoms with E-state index in [1.54, 1.807) is 12.3 Å². The van der Waals surface area contributed by atoms with Gasteiger partial charge in [-0.1, -0.05) is 0 Å². The molecule has 18 heavy (non-hydrogen) atoms. The average molecular weight is 244 g/mol. The van der Waals surface area contributed by atoms with E-state index in [-0.39, 0.29) is 5.56 Å². The summed E-state index contributed by atoms with van der Waals surface area (Å²) in [5, 5.41) is 0. The van der Waals surface area contributed by atoms with Gasteiger partial charge in [0.15, 0.2) is 0 Å². The fourth-order valence-electron chi connectivity index (χ4n) is 1.61. The van der Waals surface area contributed by atoms with E-state index in [2.05, 4.69) is 9.83 Å². The summed E-state index contributed by atoms with van der Waals surface area (Å²) in [5.41, 5.74) is 1.92. The predicted molar refractivity (Wildman–Crippen MR) is 65.3 cm³/mol. The highest BCUT2D eigenvalue weighted by Gasteiger charge is 2.15. The summed E-state index contributed by atoms with van der Waals surface area (Å²) < 4.78 is 27.2. The quantitative estimate of drug-likeness (QED) is 0.687. The van der Waals surface area contributed by atoms with Crippen molar-refractivity contribution in [1.29, 1.82) is 0 Å². The third kappa shape index (κ3) is 1.95. The van der Waals surface area contributed by atoms with Crippen LogP contribution in [0.15, 0.2) is 24.4 Å². The number of rotatable bonds is 1. The monoisotopic (exact) mass is 244 g/mol. The first-order chi connectivity index (χ1) is 8.54. The number of pyridine rings is 1. The van der Waals surface area contributed by atoms with E-state index in [4.69, 9.17) is 6.57 Å². The molecule has 2 nitrogen and oxygen atoms in total. The number of benzene rings is 1. The van der Waals surface area contributed by atoms with Crippen LogP contribution >= 0.6 is 0 Å². The third-order valence-corrected chi connectivity index (χ3v) is 2.83. The van der Waals surface area contributed by atoms with E-state index in [9.17, 15) is 8.78 Å². The molecule has 1 heterocycles. The van der Waals surface area contributed by atoms with Crippen molar-refractivity contribution in [3.8, 4) is 11.3 Å². The van der Waals surface area contributed by atoms with Crippen molar-refractivity contribution in [2.24, 2.45) is 0 Å². The van der Waals surface area contributed by atoms with Crippen molar-refractivity contribution >= 4 is 5.69 Å². The largest absolute Gasteiger partial charge is 0.257 e. The van der Waals surface area contributed by atoms with Crippen molar-refractivity contribution < 1.29 is 8.78 Å². The molecule has 1 aromatic heterocycles. The molecule has 0 saturated carbocycles. The predicted octanol–water partition coefficient (Wildman–Crippen LogP) is 4.19. The summed E-state index contributed by atoms with van der Waals surface area (Å²) in [6.45, 7) is 10.6. The zero-order valence-electron chi connectivity index (χ0n) is 9.96. The van der Waals surface area contributed by atoms with Crippen LogP contribution in [0.3, 0.4) is 0 Å². The topological polar surface area (TPSA) is 17.2 Å². The van der Waals surface area contributed by atoms with Crippen LogP contribution in [0.5, 0.6) is 0 Å². The van der Waals surface area contributed by atoms with Gasteiger partial charge in [0.25, 0.3) is 5.69 Å². The lowest BCUT2D eigenvalue weighted by Gasteiger charge is -2.07. The molecular weight excluding hydrogens is 234 g/mol. The van der Waals surface area contributed by atoms with E-state index in [1.807, 2.05) is 13.8 Å². The lowest BCUT2D eigenvalue weighted by molar-refractivity contribution is 0.595. The Balaban J connectivity index is 2.65. The van der Waals surface area contributed by atoms with Gasteiger partial charge in [-0.25, -0.2) is 13.6 Å². The minimum absolute atomic E-state index is 0.144. The van der Waals surface area contributed by atoms with Crippen LogP contribution in [0, 0.1) is 32.1 Å². The lowest BCUT2D eigenvalue weighted by Crippen LogP contribution is -1.92. The SMILES string of the molecule is [C-]#[N+]c1c(F)ccc(-c2cc(C)c(C)cn2)c1F. The molecule has 90 valence electrons. The summed E-state index contributed by atoms with van der Waals surface area (Å²) in [4.78, 5) is 6.98. The average Bonchev–Trinajstić information content (AvgIpc) is 2.34. The minimum atomic E-state index is -0.860. The Morgan fingerprint density at radius 1 is 1.17 bits per heavy atom. The van der Waals surface area contributed by atoms with Gasteiger partial charge in [0.1, 0.15) is 11.6 Å². The van der Waals surface area contributed by atoms with E-state index in [1.165, 1.54) is 6.07 Å². The first-order valence-corrected chi connectivity index (χ1v) is 5.33. The van der Waals surface area contributed by atoms with E-state index in [0.29, 0.717) is 5.69 Å². The maximum Gasteiger partial charge on any atom is 0.257 e. The second-order valence-corrected chi connectivity index (χ2v) is 4.02. The first-order valence-electron chi connectivity index (χ1n) is 5.33. The molecule has 0 unspecified atom stereocenters. The Morgan fingerprint density at radius 3 is 2.50 bits per heavy atom. The minimum Gasteiger partial charge on any atom is -0.256 e. The zero-order valence-corrected chi connectivity index (χ0v) is 9.96. The fraction of sp³-hybridized carbons (Fsp3) is 0.143. The van der Waals surface area contributed by atoms with Crippen molar-refractivity contribution in [3.63, 3.8) is 0 Å². The normalized spacial score (nSPS) is 10.2. The molecule has 1 aromatic carbocycles. The first kappa shape index (κ1) is 12.2. The Morgan fingerprint density at radius 2 is 1.89 bits per heavy atom. The second kappa shape index (κ2) is 4.53. The highest BCUT2D eigenvalue weighted by atomic mass is 19.1. The Kier molecular flexibility index (Phi) is 3.07. The molecule has 0 aliphatic rings. The number of halogens is 2. The maximum atomic E-state index is 14.0. The molecule has 0 radical (unpaired) electrons. The number of aromatic nitrogens is 1. The van der Waals surface area contributed by atoms with Crippen molar-refractivity contribution in [2.45, 2.75) is 13.8 Å². The molecular formula is C14H10F2N2. The Bertz CT molecular complexity index is 658. The molecule has 2 aromatic rings. The van der Waals surface area contributed by atoms with E-state index in [0.717, 1.165) is 17.2 Å². The molecule has 0 amide bonds. The summed E-state index contributed by atoms with van der Waals surface area (Å²) >= 11 is 0. The summed E-state index contributed by atoms with van der Waals surface area (Å²) in [6, 6.07) is 4.11. The Labute approximate surface area is 104 Å². The Hall–Kier alpha value is -2.28. The van der Waals surface area contributed by atoms with Crippen LogP contribution in [0.1, 0.15) is 11.1 Å². The lowest BCUT2D eigenvalue weighted by atomic mass is 10.1. The maximum absolute atomic E-state index is 14.0. The second-order valence-electron chi connectivity index (χ2n) is 4.02. The molecule has 4 heteroatoms. The van der Waals surface area contributed by atoms with Crippen LogP contribution in [-0.4, -0.2) is 4.98 Å². The van der Waals surface area contributed by atoms with Crippen LogP contribution in [0.4, 0.5) is 14.5 Å². The standard InChI is InChI=1S/C14H10F2N2/c1-8-6-12(18-7-9(8)2)10-4-5-11(15)14(17-3)13(10)16/h4-7H,1-2H3. The van der Waals surface area contributed by atoms with Gasteiger partial charge in [0.2, 0.25) is 0 Å². The van der Waals surface area contributed by atoms with Crippen LogP contribution in [0.25, 0.3) is 16.1 Å². The number of hydrogen-bond donors (Lipinski definition) is 0. The molecule has 0 aliphatic heterocycles. The molecule has 0 fully saturated rings. The molecule has 0 bridgehead atoms. The third-order valence-electron chi connectivity index (χ3n) is 2.83. The molecule has 0 atom stereocenters. The van der Waals surface area contributed by atoms with Crippen LogP contribution in [0.2, 0.25) is 0 Å². The molecule has 0 spiro atoms.